The molecule has 3 heteroatoms. The summed E-state index contributed by atoms with van der Waals surface area (Å²) in [6.45, 7) is 2.12. The van der Waals surface area contributed by atoms with E-state index >= 15 is 0 Å². The Morgan fingerprint density at radius 1 is 1.10 bits per heavy atom. The van der Waals surface area contributed by atoms with Gasteiger partial charge in [0.1, 0.15) is 0 Å². The van der Waals surface area contributed by atoms with E-state index in [1.165, 1.54) is 5.56 Å². The highest BCUT2D eigenvalue weighted by Crippen LogP contribution is 2.19. The Morgan fingerprint density at radius 2 is 1.86 bits per heavy atom. The van der Waals surface area contributed by atoms with Gasteiger partial charge < -0.3 is 9.88 Å². The number of H-pyrrole nitrogens is 1. The highest BCUT2D eigenvalue weighted by molar-refractivity contribution is 6.07. The second-order valence-corrected chi connectivity index (χ2v) is 5.16. The summed E-state index contributed by atoms with van der Waals surface area (Å²) in [7, 11) is 1.81. The SMILES string of the molecule is CCc1ccc(N(C)C(=O)c2ccc3[nH]ccc3c2)cc1. The first kappa shape index (κ1) is 13.4. The molecule has 1 aromatic heterocycles. The summed E-state index contributed by atoms with van der Waals surface area (Å²) >= 11 is 0. The Kier molecular flexibility index (Phi) is 3.48. The van der Waals surface area contributed by atoms with Crippen LogP contribution in [0.25, 0.3) is 10.9 Å². The van der Waals surface area contributed by atoms with Crippen LogP contribution in [0.15, 0.2) is 54.7 Å². The summed E-state index contributed by atoms with van der Waals surface area (Å²) in [5.41, 5.74) is 3.92. The van der Waals surface area contributed by atoms with E-state index in [-0.39, 0.29) is 5.91 Å². The van der Waals surface area contributed by atoms with Gasteiger partial charge in [0.15, 0.2) is 0 Å². The molecule has 1 N–H and O–H groups in total. The van der Waals surface area contributed by atoms with Crippen LogP contribution in [-0.2, 0) is 6.42 Å². The lowest BCUT2D eigenvalue weighted by molar-refractivity contribution is 0.0993. The number of hydrogen-bond acceptors (Lipinski definition) is 1. The van der Waals surface area contributed by atoms with Gasteiger partial charge in [-0.05, 0) is 48.4 Å². The van der Waals surface area contributed by atoms with Crippen LogP contribution in [0.3, 0.4) is 0 Å². The first-order valence-corrected chi connectivity index (χ1v) is 7.13. The van der Waals surface area contributed by atoms with E-state index in [0.29, 0.717) is 5.56 Å². The van der Waals surface area contributed by atoms with Crippen molar-refractivity contribution in [3.8, 4) is 0 Å². The Labute approximate surface area is 124 Å². The molecule has 0 spiro atoms. The third-order valence-corrected chi connectivity index (χ3v) is 3.84. The zero-order chi connectivity index (χ0) is 14.8. The van der Waals surface area contributed by atoms with Gasteiger partial charge in [-0.15, -0.1) is 0 Å². The van der Waals surface area contributed by atoms with Crippen LogP contribution in [0.4, 0.5) is 5.69 Å². The van der Waals surface area contributed by atoms with Gasteiger partial charge in [0.2, 0.25) is 0 Å². The molecule has 0 bridgehead atoms. The predicted octanol–water partition coefficient (Wildman–Crippen LogP) is 4.01. The average molecular weight is 278 g/mol. The lowest BCUT2D eigenvalue weighted by atomic mass is 10.1. The number of aromatic amines is 1. The molecule has 21 heavy (non-hydrogen) atoms. The number of aromatic nitrogens is 1. The maximum absolute atomic E-state index is 12.6. The molecule has 3 rings (SSSR count). The van der Waals surface area contributed by atoms with Crippen LogP contribution in [0.5, 0.6) is 0 Å². The molecule has 0 aliphatic carbocycles. The molecule has 0 atom stereocenters. The maximum Gasteiger partial charge on any atom is 0.258 e. The molecule has 0 aliphatic heterocycles. The zero-order valence-corrected chi connectivity index (χ0v) is 12.3. The molecule has 2 aromatic carbocycles. The van der Waals surface area contributed by atoms with Crippen LogP contribution in [0, 0.1) is 0 Å². The molecule has 106 valence electrons. The van der Waals surface area contributed by atoms with E-state index in [1.54, 1.807) is 4.90 Å². The van der Waals surface area contributed by atoms with Gasteiger partial charge in [0.05, 0.1) is 0 Å². The van der Waals surface area contributed by atoms with Crippen molar-refractivity contribution < 1.29 is 4.79 Å². The summed E-state index contributed by atoms with van der Waals surface area (Å²) in [6.07, 6.45) is 2.88. The van der Waals surface area contributed by atoms with Crippen LogP contribution < -0.4 is 4.90 Å². The molecule has 3 nitrogen and oxygen atoms in total. The van der Waals surface area contributed by atoms with Crippen molar-refractivity contribution in [3.63, 3.8) is 0 Å². The number of carbonyl (C=O) groups excluding carboxylic acids is 1. The summed E-state index contributed by atoms with van der Waals surface area (Å²) in [6, 6.07) is 15.8. The quantitative estimate of drug-likeness (QED) is 0.772. The minimum atomic E-state index is 0.00217. The number of aryl methyl sites for hydroxylation is 1. The molecular weight excluding hydrogens is 260 g/mol. The fourth-order valence-electron chi connectivity index (χ4n) is 2.45. The molecule has 0 saturated heterocycles. The molecular formula is C18H18N2O. The van der Waals surface area contributed by atoms with Crippen LogP contribution in [0.2, 0.25) is 0 Å². The van der Waals surface area contributed by atoms with E-state index in [1.807, 2.05) is 49.6 Å². The zero-order valence-electron chi connectivity index (χ0n) is 12.3. The second-order valence-electron chi connectivity index (χ2n) is 5.16. The van der Waals surface area contributed by atoms with Gasteiger partial charge in [0.25, 0.3) is 5.91 Å². The number of hydrogen-bond donors (Lipinski definition) is 1. The molecule has 0 saturated carbocycles. The largest absolute Gasteiger partial charge is 0.361 e. The van der Waals surface area contributed by atoms with Gasteiger partial charge in [-0.1, -0.05) is 19.1 Å². The molecule has 3 aromatic rings. The molecule has 0 fully saturated rings. The second kappa shape index (κ2) is 5.44. The topological polar surface area (TPSA) is 36.1 Å². The number of benzene rings is 2. The number of nitrogens with one attached hydrogen (secondary N) is 1. The Hall–Kier alpha value is -2.55. The lowest BCUT2D eigenvalue weighted by Gasteiger charge is -2.18. The number of rotatable bonds is 3. The Bertz CT molecular complexity index is 771. The highest BCUT2D eigenvalue weighted by atomic mass is 16.2. The van der Waals surface area contributed by atoms with Crippen molar-refractivity contribution in [1.29, 1.82) is 0 Å². The molecule has 1 heterocycles. The number of amides is 1. The Balaban J connectivity index is 1.88. The van der Waals surface area contributed by atoms with Crippen molar-refractivity contribution >= 4 is 22.5 Å². The fraction of sp³-hybridized carbons (Fsp3) is 0.167. The standard InChI is InChI=1S/C18H18N2O/c1-3-13-4-7-16(8-5-13)20(2)18(21)15-6-9-17-14(12-15)10-11-19-17/h4-12,19H,3H2,1-2H3. The smallest absolute Gasteiger partial charge is 0.258 e. The fourth-order valence-corrected chi connectivity index (χ4v) is 2.45. The predicted molar refractivity (Wildman–Crippen MR) is 86.9 cm³/mol. The van der Waals surface area contributed by atoms with Crippen molar-refractivity contribution in [2.45, 2.75) is 13.3 Å². The third kappa shape index (κ3) is 2.55. The Morgan fingerprint density at radius 3 is 2.57 bits per heavy atom. The van der Waals surface area contributed by atoms with E-state index in [0.717, 1.165) is 23.0 Å². The van der Waals surface area contributed by atoms with Gasteiger partial charge in [0, 0.05) is 35.4 Å². The summed E-state index contributed by atoms with van der Waals surface area (Å²) < 4.78 is 0. The lowest BCUT2D eigenvalue weighted by Crippen LogP contribution is -2.26. The monoisotopic (exact) mass is 278 g/mol. The summed E-state index contributed by atoms with van der Waals surface area (Å²) in [4.78, 5) is 17.4. The average Bonchev–Trinajstić information content (AvgIpc) is 3.01. The number of carbonyl (C=O) groups is 1. The third-order valence-electron chi connectivity index (χ3n) is 3.84. The van der Waals surface area contributed by atoms with Crippen molar-refractivity contribution in [2.75, 3.05) is 11.9 Å². The number of fused-ring (bicyclic) bond motifs is 1. The molecule has 0 radical (unpaired) electrons. The van der Waals surface area contributed by atoms with Gasteiger partial charge in [-0.3, -0.25) is 4.79 Å². The van der Waals surface area contributed by atoms with Crippen LogP contribution in [0.1, 0.15) is 22.8 Å². The number of nitrogens with zero attached hydrogens (tertiary/aromatic N) is 1. The first-order valence-electron chi connectivity index (χ1n) is 7.13. The maximum atomic E-state index is 12.6. The van der Waals surface area contributed by atoms with E-state index in [2.05, 4.69) is 24.0 Å². The van der Waals surface area contributed by atoms with Crippen LogP contribution >= 0.6 is 0 Å². The van der Waals surface area contributed by atoms with E-state index in [4.69, 9.17) is 0 Å². The molecule has 0 aliphatic rings. The minimum absolute atomic E-state index is 0.00217. The normalized spacial score (nSPS) is 10.8. The molecule has 0 unspecified atom stereocenters. The van der Waals surface area contributed by atoms with Crippen molar-refractivity contribution in [2.24, 2.45) is 0 Å². The van der Waals surface area contributed by atoms with Crippen molar-refractivity contribution in [3.05, 3.63) is 65.9 Å². The highest BCUT2D eigenvalue weighted by Gasteiger charge is 2.14. The minimum Gasteiger partial charge on any atom is -0.361 e. The van der Waals surface area contributed by atoms with Gasteiger partial charge >= 0.3 is 0 Å². The first-order chi connectivity index (χ1) is 10.2. The molecule has 1 amide bonds. The summed E-state index contributed by atoms with van der Waals surface area (Å²) in [5.74, 6) is 0.00217. The van der Waals surface area contributed by atoms with E-state index < -0.39 is 0 Å². The number of anilines is 1. The van der Waals surface area contributed by atoms with E-state index in [9.17, 15) is 4.79 Å². The van der Waals surface area contributed by atoms with Gasteiger partial charge in [-0.2, -0.15) is 0 Å². The van der Waals surface area contributed by atoms with Crippen molar-refractivity contribution in [1.82, 2.24) is 4.98 Å². The summed E-state index contributed by atoms with van der Waals surface area (Å²) in [5, 5.41) is 1.05. The van der Waals surface area contributed by atoms with Gasteiger partial charge in [-0.25, -0.2) is 0 Å². The van der Waals surface area contributed by atoms with Crippen LogP contribution in [-0.4, -0.2) is 17.9 Å².